The molecule has 0 aromatic heterocycles. The second kappa shape index (κ2) is 7.13. The first kappa shape index (κ1) is 21.7. The highest BCUT2D eigenvalue weighted by Crippen LogP contribution is 2.50. The molecule has 2 unspecified atom stereocenters. The van der Waals surface area contributed by atoms with Crippen LogP contribution in [-0.2, 0) is 15.7 Å². The van der Waals surface area contributed by atoms with Crippen LogP contribution in [0.15, 0.2) is 18.2 Å². The van der Waals surface area contributed by atoms with Gasteiger partial charge in [-0.1, -0.05) is 19.9 Å². The lowest BCUT2D eigenvalue weighted by Crippen LogP contribution is -2.74. The zero-order valence-electron chi connectivity index (χ0n) is 14.7. The quantitative estimate of drug-likeness (QED) is 0.832. The molecule has 1 aliphatic rings. The van der Waals surface area contributed by atoms with Gasteiger partial charge in [-0.05, 0) is 31.5 Å². The predicted molar refractivity (Wildman–Crippen MR) is 92.8 cm³/mol. The molecule has 0 bridgehead atoms. The van der Waals surface area contributed by atoms with E-state index in [4.69, 9.17) is 10.5 Å². The Bertz CT molecular complexity index is 649. The number of benzene rings is 1. The Hall–Kier alpha value is -1.31. The maximum absolute atomic E-state index is 13.0. The first-order valence-corrected chi connectivity index (χ1v) is 7.84. The summed E-state index contributed by atoms with van der Waals surface area (Å²) >= 11 is 0. The van der Waals surface area contributed by atoms with Gasteiger partial charge in [-0.2, -0.15) is 13.2 Å². The zero-order valence-corrected chi connectivity index (χ0v) is 15.5. The van der Waals surface area contributed by atoms with Crippen molar-refractivity contribution in [2.75, 3.05) is 11.9 Å². The molecule has 142 valence electrons. The Labute approximate surface area is 151 Å². The van der Waals surface area contributed by atoms with Gasteiger partial charge in [-0.15, -0.1) is 12.4 Å². The van der Waals surface area contributed by atoms with Crippen molar-refractivity contribution in [1.82, 2.24) is 0 Å². The molecule has 1 fully saturated rings. The molecule has 1 amide bonds. The molecule has 8 heteroatoms. The minimum atomic E-state index is -4.47. The number of alkyl halides is 3. The van der Waals surface area contributed by atoms with Crippen molar-refractivity contribution in [3.8, 4) is 0 Å². The first-order valence-electron chi connectivity index (χ1n) is 7.84. The number of carbonyl (C=O) groups excluding carboxylic acids is 1. The highest BCUT2D eigenvalue weighted by Gasteiger charge is 2.62. The molecular formula is C17H24ClF3N2O2. The molecule has 4 nitrogen and oxygen atoms in total. The van der Waals surface area contributed by atoms with E-state index in [1.54, 1.807) is 0 Å². The molecule has 3 N–H and O–H groups in total. The zero-order chi connectivity index (χ0) is 18.3. The van der Waals surface area contributed by atoms with Gasteiger partial charge in [0, 0.05) is 24.1 Å². The molecule has 0 spiro atoms. The Morgan fingerprint density at radius 2 is 2.00 bits per heavy atom. The summed E-state index contributed by atoms with van der Waals surface area (Å²) in [4.78, 5) is 12.6. The maximum Gasteiger partial charge on any atom is 0.416 e. The third kappa shape index (κ3) is 3.64. The third-order valence-electron chi connectivity index (χ3n) is 5.12. The second-order valence-electron chi connectivity index (χ2n) is 6.77. The summed E-state index contributed by atoms with van der Waals surface area (Å²) < 4.78 is 44.5. The lowest BCUT2D eigenvalue weighted by molar-refractivity contribution is -0.166. The monoisotopic (exact) mass is 380 g/mol. The van der Waals surface area contributed by atoms with E-state index in [1.165, 1.54) is 19.1 Å². The van der Waals surface area contributed by atoms with Crippen LogP contribution in [0.4, 0.5) is 18.9 Å². The molecule has 1 aromatic carbocycles. The molecular weight excluding hydrogens is 357 g/mol. The fourth-order valence-corrected chi connectivity index (χ4v) is 3.13. The van der Waals surface area contributed by atoms with Crippen LogP contribution in [0.5, 0.6) is 0 Å². The Balaban J connectivity index is 0.00000312. The Morgan fingerprint density at radius 3 is 2.48 bits per heavy atom. The molecule has 0 saturated heterocycles. The number of hydrogen-bond donors (Lipinski definition) is 2. The lowest BCUT2D eigenvalue weighted by atomic mass is 9.54. The van der Waals surface area contributed by atoms with Gasteiger partial charge in [0.25, 0.3) is 0 Å². The summed E-state index contributed by atoms with van der Waals surface area (Å²) in [5.74, 6) is -0.495. The second-order valence-corrected chi connectivity index (χ2v) is 6.77. The third-order valence-corrected chi connectivity index (χ3v) is 5.12. The van der Waals surface area contributed by atoms with Crippen LogP contribution in [0.1, 0.15) is 38.3 Å². The molecule has 0 radical (unpaired) electrons. The SMILES string of the molecule is CCOC1CC(N)(C(=O)Nc2cccc(C(F)(F)F)c2C)C1(C)C.Cl. The Kier molecular flexibility index (Phi) is 6.20. The highest BCUT2D eigenvalue weighted by molar-refractivity contribution is 6.00. The van der Waals surface area contributed by atoms with E-state index in [-0.39, 0.29) is 29.8 Å². The molecule has 1 aromatic rings. The summed E-state index contributed by atoms with van der Waals surface area (Å²) in [6.07, 6.45) is -4.29. The van der Waals surface area contributed by atoms with Crippen LogP contribution < -0.4 is 11.1 Å². The van der Waals surface area contributed by atoms with E-state index < -0.39 is 28.6 Å². The minimum Gasteiger partial charge on any atom is -0.378 e. The average Bonchev–Trinajstić information content (AvgIpc) is 2.47. The van der Waals surface area contributed by atoms with Crippen molar-refractivity contribution in [2.24, 2.45) is 11.1 Å². The number of nitrogens with two attached hydrogens (primary N) is 1. The molecule has 1 aliphatic carbocycles. The van der Waals surface area contributed by atoms with E-state index in [9.17, 15) is 18.0 Å². The van der Waals surface area contributed by atoms with Crippen molar-refractivity contribution in [2.45, 2.75) is 51.9 Å². The molecule has 25 heavy (non-hydrogen) atoms. The van der Waals surface area contributed by atoms with Crippen LogP contribution in [0.3, 0.4) is 0 Å². The molecule has 2 rings (SSSR count). The minimum absolute atomic E-state index is 0. The van der Waals surface area contributed by atoms with Crippen molar-refractivity contribution < 1.29 is 22.7 Å². The molecule has 2 atom stereocenters. The van der Waals surface area contributed by atoms with Crippen LogP contribution in [-0.4, -0.2) is 24.2 Å². The van der Waals surface area contributed by atoms with Crippen LogP contribution >= 0.6 is 12.4 Å². The maximum atomic E-state index is 13.0. The van der Waals surface area contributed by atoms with Crippen LogP contribution in [0, 0.1) is 12.3 Å². The van der Waals surface area contributed by atoms with Crippen molar-refractivity contribution >= 4 is 24.0 Å². The van der Waals surface area contributed by atoms with E-state index >= 15 is 0 Å². The number of amides is 1. The fraction of sp³-hybridized carbons (Fsp3) is 0.588. The van der Waals surface area contributed by atoms with E-state index in [2.05, 4.69) is 5.32 Å². The van der Waals surface area contributed by atoms with Crippen molar-refractivity contribution in [3.05, 3.63) is 29.3 Å². The summed E-state index contributed by atoms with van der Waals surface area (Å²) in [7, 11) is 0. The van der Waals surface area contributed by atoms with Gasteiger partial charge < -0.3 is 15.8 Å². The van der Waals surface area contributed by atoms with Crippen molar-refractivity contribution in [3.63, 3.8) is 0 Å². The van der Waals surface area contributed by atoms with E-state index in [0.29, 0.717) is 13.0 Å². The first-order chi connectivity index (χ1) is 10.9. The number of rotatable bonds is 4. The standard InChI is InChI=1S/C17H23F3N2O2.ClH/c1-5-24-13-9-16(21,15(13,3)4)14(23)22-12-8-6-7-11(10(12)2)17(18,19)20;/h6-8,13H,5,9,21H2,1-4H3,(H,22,23);1H. The number of anilines is 1. The van der Waals surface area contributed by atoms with Gasteiger partial charge in [0.2, 0.25) is 5.91 Å². The van der Waals surface area contributed by atoms with Crippen molar-refractivity contribution in [1.29, 1.82) is 0 Å². The Morgan fingerprint density at radius 1 is 1.40 bits per heavy atom. The normalized spacial score (nSPS) is 24.9. The average molecular weight is 381 g/mol. The van der Waals surface area contributed by atoms with Gasteiger partial charge in [0.1, 0.15) is 5.54 Å². The van der Waals surface area contributed by atoms with E-state index in [1.807, 2.05) is 20.8 Å². The van der Waals surface area contributed by atoms with Gasteiger partial charge >= 0.3 is 6.18 Å². The smallest absolute Gasteiger partial charge is 0.378 e. The predicted octanol–water partition coefficient (Wildman–Crippen LogP) is 3.91. The summed E-state index contributed by atoms with van der Waals surface area (Å²) in [6, 6.07) is 3.70. The number of halogens is 4. The van der Waals surface area contributed by atoms with Gasteiger partial charge in [-0.25, -0.2) is 0 Å². The molecule has 1 saturated carbocycles. The van der Waals surface area contributed by atoms with Crippen LogP contribution in [0.25, 0.3) is 0 Å². The molecule has 0 aliphatic heterocycles. The number of carbonyl (C=O) groups is 1. The summed E-state index contributed by atoms with van der Waals surface area (Å²) in [6.45, 7) is 7.36. The van der Waals surface area contributed by atoms with Gasteiger partial charge in [0.15, 0.2) is 0 Å². The summed E-state index contributed by atoms with van der Waals surface area (Å²) in [5.41, 5.74) is 3.78. The number of nitrogens with one attached hydrogen (secondary N) is 1. The topological polar surface area (TPSA) is 64.3 Å². The highest BCUT2D eigenvalue weighted by atomic mass is 35.5. The van der Waals surface area contributed by atoms with Crippen LogP contribution in [0.2, 0.25) is 0 Å². The van der Waals surface area contributed by atoms with Gasteiger partial charge in [0.05, 0.1) is 11.7 Å². The lowest BCUT2D eigenvalue weighted by Gasteiger charge is -2.57. The fourth-order valence-electron chi connectivity index (χ4n) is 3.13. The largest absolute Gasteiger partial charge is 0.416 e. The number of hydrogen-bond acceptors (Lipinski definition) is 3. The van der Waals surface area contributed by atoms with Gasteiger partial charge in [-0.3, -0.25) is 4.79 Å². The van der Waals surface area contributed by atoms with E-state index in [0.717, 1.165) is 6.07 Å². The number of ether oxygens (including phenoxy) is 1. The molecule has 0 heterocycles. The summed E-state index contributed by atoms with van der Waals surface area (Å²) in [5, 5.41) is 2.56.